The Morgan fingerprint density at radius 2 is 2.29 bits per heavy atom. The molecule has 21 heavy (non-hydrogen) atoms. The molecule has 0 aliphatic carbocycles. The molecule has 0 saturated heterocycles. The molecular formula is C14H15BrFN3O2. The van der Waals surface area contributed by atoms with Crippen LogP contribution in [0.15, 0.2) is 35.1 Å². The third-order valence-electron chi connectivity index (χ3n) is 3.12. The highest BCUT2D eigenvalue weighted by atomic mass is 79.9. The molecule has 5 nitrogen and oxygen atoms in total. The van der Waals surface area contributed by atoms with Gasteiger partial charge in [-0.2, -0.15) is 5.10 Å². The van der Waals surface area contributed by atoms with Crippen molar-refractivity contribution in [3.05, 3.63) is 52.0 Å². The van der Waals surface area contributed by atoms with E-state index in [1.54, 1.807) is 42.1 Å². The van der Waals surface area contributed by atoms with Crippen molar-refractivity contribution >= 4 is 21.9 Å². The van der Waals surface area contributed by atoms with Crippen LogP contribution in [-0.4, -0.2) is 32.8 Å². The molecule has 0 bridgehead atoms. The number of rotatable bonds is 5. The average molecular weight is 356 g/mol. The molecule has 0 saturated carbocycles. The zero-order chi connectivity index (χ0) is 15.6. The van der Waals surface area contributed by atoms with Gasteiger partial charge < -0.3 is 5.11 Å². The number of carboxylic acid groups (broad SMARTS) is 1. The van der Waals surface area contributed by atoms with Crippen molar-refractivity contribution in [2.75, 3.05) is 7.05 Å². The van der Waals surface area contributed by atoms with Crippen LogP contribution in [0.3, 0.4) is 0 Å². The van der Waals surface area contributed by atoms with Crippen LogP contribution >= 0.6 is 15.9 Å². The van der Waals surface area contributed by atoms with Crippen molar-refractivity contribution in [1.29, 1.82) is 0 Å². The quantitative estimate of drug-likeness (QED) is 0.895. The predicted molar refractivity (Wildman–Crippen MR) is 79.2 cm³/mol. The highest BCUT2D eigenvalue weighted by molar-refractivity contribution is 9.10. The van der Waals surface area contributed by atoms with E-state index in [9.17, 15) is 14.3 Å². The maximum absolute atomic E-state index is 14.0. The van der Waals surface area contributed by atoms with Crippen molar-refractivity contribution in [3.63, 3.8) is 0 Å². The number of carboxylic acids is 1. The van der Waals surface area contributed by atoms with E-state index in [-0.39, 0.29) is 5.56 Å². The minimum absolute atomic E-state index is 0.136. The van der Waals surface area contributed by atoms with Gasteiger partial charge in [0, 0.05) is 35.4 Å². The summed E-state index contributed by atoms with van der Waals surface area (Å²) >= 11 is 3.16. The van der Waals surface area contributed by atoms with Gasteiger partial charge in [0.2, 0.25) is 0 Å². The summed E-state index contributed by atoms with van der Waals surface area (Å²) < 4.78 is 16.2. The number of halogens is 2. The fraction of sp³-hybridized carbons (Fsp3) is 0.286. The number of benzene rings is 1. The van der Waals surface area contributed by atoms with Gasteiger partial charge in [0.25, 0.3) is 0 Å². The van der Waals surface area contributed by atoms with Gasteiger partial charge in [-0.3, -0.25) is 14.4 Å². The topological polar surface area (TPSA) is 58.4 Å². The van der Waals surface area contributed by atoms with Gasteiger partial charge in [-0.15, -0.1) is 0 Å². The molecule has 1 atom stereocenters. The lowest BCUT2D eigenvalue weighted by Gasteiger charge is -2.24. The minimum atomic E-state index is -1.09. The first kappa shape index (κ1) is 15.7. The summed E-state index contributed by atoms with van der Waals surface area (Å²) in [6, 6.07) is 3.33. The van der Waals surface area contributed by atoms with Crippen LogP contribution in [0.1, 0.15) is 17.2 Å². The second-order valence-electron chi connectivity index (χ2n) is 4.84. The Bertz CT molecular complexity index is 659. The van der Waals surface area contributed by atoms with E-state index in [4.69, 9.17) is 0 Å². The van der Waals surface area contributed by atoms with E-state index in [1.165, 1.54) is 12.1 Å². The lowest BCUT2D eigenvalue weighted by molar-refractivity contribution is -0.143. The molecule has 1 N–H and O–H groups in total. The molecule has 0 amide bonds. The lowest BCUT2D eigenvalue weighted by atomic mass is 10.0. The van der Waals surface area contributed by atoms with Crippen molar-refractivity contribution in [2.24, 2.45) is 7.05 Å². The maximum Gasteiger partial charge on any atom is 0.325 e. The minimum Gasteiger partial charge on any atom is -0.480 e. The number of aromatic nitrogens is 2. The molecule has 0 aliphatic rings. The molecule has 1 aromatic heterocycles. The van der Waals surface area contributed by atoms with E-state index in [0.717, 1.165) is 5.56 Å². The van der Waals surface area contributed by atoms with Crippen LogP contribution in [0.5, 0.6) is 0 Å². The Hall–Kier alpha value is -1.73. The van der Waals surface area contributed by atoms with E-state index in [2.05, 4.69) is 21.0 Å². The molecule has 0 spiro atoms. The number of hydrogen-bond acceptors (Lipinski definition) is 3. The van der Waals surface area contributed by atoms with Crippen molar-refractivity contribution < 1.29 is 14.3 Å². The highest BCUT2D eigenvalue weighted by Gasteiger charge is 2.27. The maximum atomic E-state index is 14.0. The first-order valence-corrected chi connectivity index (χ1v) is 7.03. The van der Waals surface area contributed by atoms with E-state index >= 15 is 0 Å². The van der Waals surface area contributed by atoms with Gasteiger partial charge in [0.1, 0.15) is 11.9 Å². The predicted octanol–water partition coefficient (Wildman–Crippen LogP) is 2.58. The number of carbonyl (C=O) groups is 1. The van der Waals surface area contributed by atoms with E-state index < -0.39 is 17.8 Å². The van der Waals surface area contributed by atoms with Crippen molar-refractivity contribution in [1.82, 2.24) is 14.7 Å². The van der Waals surface area contributed by atoms with Crippen LogP contribution in [0.4, 0.5) is 4.39 Å². The van der Waals surface area contributed by atoms with Gasteiger partial charge in [-0.25, -0.2) is 4.39 Å². The standard InChI is InChI=1S/C14H15BrFN3O2/c1-18(7-9-6-17-19(2)8-9)13(14(20)21)11-4-3-10(15)5-12(11)16/h3-6,8,13H,7H2,1-2H3,(H,20,21). The summed E-state index contributed by atoms with van der Waals surface area (Å²) in [6.07, 6.45) is 3.46. The Kier molecular flexibility index (Phi) is 4.74. The van der Waals surface area contributed by atoms with Gasteiger partial charge in [-0.1, -0.05) is 22.0 Å². The molecule has 1 aromatic carbocycles. The molecule has 2 rings (SSSR count). The summed E-state index contributed by atoms with van der Waals surface area (Å²) in [4.78, 5) is 13.1. The molecule has 1 unspecified atom stereocenters. The largest absolute Gasteiger partial charge is 0.480 e. The third kappa shape index (κ3) is 3.68. The van der Waals surface area contributed by atoms with Crippen molar-refractivity contribution in [3.8, 4) is 0 Å². The lowest BCUT2D eigenvalue weighted by Crippen LogP contribution is -2.31. The Balaban J connectivity index is 2.27. The summed E-state index contributed by atoms with van der Waals surface area (Å²) in [6.45, 7) is 0.361. The number of aliphatic carboxylic acids is 1. The molecule has 0 radical (unpaired) electrons. The first-order chi connectivity index (χ1) is 9.88. The molecule has 7 heteroatoms. The number of likely N-dealkylation sites (N-methyl/N-ethyl adjacent to an activating group) is 1. The highest BCUT2D eigenvalue weighted by Crippen LogP contribution is 2.26. The summed E-state index contributed by atoms with van der Waals surface area (Å²) in [5.41, 5.74) is 1.00. The number of hydrogen-bond donors (Lipinski definition) is 1. The van der Waals surface area contributed by atoms with Gasteiger partial charge in [-0.05, 0) is 19.2 Å². The Morgan fingerprint density at radius 3 is 2.81 bits per heavy atom. The normalized spacial score (nSPS) is 12.6. The SMILES string of the molecule is CN(Cc1cnn(C)c1)C(C(=O)O)c1ccc(Br)cc1F. The molecule has 0 fully saturated rings. The smallest absolute Gasteiger partial charge is 0.325 e. The fourth-order valence-corrected chi connectivity index (χ4v) is 2.55. The molecular weight excluding hydrogens is 341 g/mol. The van der Waals surface area contributed by atoms with Crippen LogP contribution in [-0.2, 0) is 18.4 Å². The zero-order valence-electron chi connectivity index (χ0n) is 11.6. The number of aryl methyl sites for hydroxylation is 1. The Morgan fingerprint density at radius 1 is 1.57 bits per heavy atom. The monoisotopic (exact) mass is 355 g/mol. The van der Waals surface area contributed by atoms with E-state index in [1.807, 2.05) is 0 Å². The van der Waals surface area contributed by atoms with Crippen LogP contribution in [0.2, 0.25) is 0 Å². The first-order valence-electron chi connectivity index (χ1n) is 6.24. The van der Waals surface area contributed by atoms with Gasteiger partial charge in [0.05, 0.1) is 6.20 Å². The van der Waals surface area contributed by atoms with Gasteiger partial charge >= 0.3 is 5.97 Å². The zero-order valence-corrected chi connectivity index (χ0v) is 13.2. The van der Waals surface area contributed by atoms with Crippen LogP contribution in [0.25, 0.3) is 0 Å². The Labute approximate surface area is 130 Å². The second kappa shape index (κ2) is 6.36. The second-order valence-corrected chi connectivity index (χ2v) is 5.76. The summed E-state index contributed by atoms with van der Waals surface area (Å²) in [7, 11) is 3.43. The van der Waals surface area contributed by atoms with Crippen LogP contribution < -0.4 is 0 Å². The molecule has 0 aliphatic heterocycles. The number of nitrogens with zero attached hydrogens (tertiary/aromatic N) is 3. The fourth-order valence-electron chi connectivity index (χ4n) is 2.22. The van der Waals surface area contributed by atoms with Gasteiger partial charge in [0.15, 0.2) is 0 Å². The average Bonchev–Trinajstić information content (AvgIpc) is 2.77. The third-order valence-corrected chi connectivity index (χ3v) is 3.62. The molecule has 1 heterocycles. The van der Waals surface area contributed by atoms with Crippen molar-refractivity contribution in [2.45, 2.75) is 12.6 Å². The molecule has 112 valence electrons. The molecule has 2 aromatic rings. The summed E-state index contributed by atoms with van der Waals surface area (Å²) in [5, 5.41) is 13.5. The summed E-state index contributed by atoms with van der Waals surface area (Å²) in [5.74, 6) is -1.64. The van der Waals surface area contributed by atoms with E-state index in [0.29, 0.717) is 11.0 Å². The van der Waals surface area contributed by atoms with Crippen LogP contribution in [0, 0.1) is 5.82 Å².